The van der Waals surface area contributed by atoms with E-state index in [0.717, 1.165) is 6.08 Å². The molecule has 0 saturated carbocycles. The molecule has 0 aliphatic heterocycles. The van der Waals surface area contributed by atoms with E-state index in [-0.39, 0.29) is 17.2 Å². The lowest BCUT2D eigenvalue weighted by Crippen LogP contribution is -2.34. The van der Waals surface area contributed by atoms with Gasteiger partial charge < -0.3 is 9.64 Å². The third-order valence-electron chi connectivity index (χ3n) is 2.61. The molecule has 112 valence electrons. The number of nitro benzene ring substituents is 1. The van der Waals surface area contributed by atoms with E-state index in [1.807, 2.05) is 0 Å². The fraction of sp³-hybridized carbons (Fsp3) is 0.286. The number of benzene rings is 1. The normalized spacial score (nSPS) is 12.0. The molecule has 1 rings (SSSR count). The molecule has 7 nitrogen and oxygen atoms in total. The number of carbonyl (C=O) groups is 2. The monoisotopic (exact) mass is 292 g/mol. The molecule has 0 bridgehead atoms. The molecule has 1 atom stereocenters. The SMILES string of the molecule is C[C@H](OC(=O)/C=C/c1ccccc1[N+](=O)[O-])C(=O)N(C)C. The zero-order valence-corrected chi connectivity index (χ0v) is 12.0. The van der Waals surface area contributed by atoms with Crippen LogP contribution in [-0.4, -0.2) is 41.9 Å². The van der Waals surface area contributed by atoms with Crippen molar-refractivity contribution in [2.75, 3.05) is 14.1 Å². The first-order chi connectivity index (χ1) is 9.82. The number of hydrogen-bond donors (Lipinski definition) is 0. The summed E-state index contributed by atoms with van der Waals surface area (Å²) in [7, 11) is 3.10. The van der Waals surface area contributed by atoms with Crippen LogP contribution in [0.2, 0.25) is 0 Å². The highest BCUT2D eigenvalue weighted by Crippen LogP contribution is 2.18. The molecular weight excluding hydrogens is 276 g/mol. The van der Waals surface area contributed by atoms with Gasteiger partial charge in [0, 0.05) is 26.2 Å². The van der Waals surface area contributed by atoms with Crippen molar-refractivity contribution in [1.82, 2.24) is 4.90 Å². The molecule has 0 radical (unpaired) electrons. The summed E-state index contributed by atoms with van der Waals surface area (Å²) in [5.41, 5.74) is 0.171. The molecule has 1 aromatic carbocycles. The Morgan fingerprint density at radius 1 is 1.33 bits per heavy atom. The number of likely N-dealkylation sites (N-methyl/N-ethyl adjacent to an activating group) is 1. The van der Waals surface area contributed by atoms with Crippen LogP contribution in [0.25, 0.3) is 6.08 Å². The minimum absolute atomic E-state index is 0.112. The van der Waals surface area contributed by atoms with Crippen molar-refractivity contribution in [2.24, 2.45) is 0 Å². The van der Waals surface area contributed by atoms with Crippen molar-refractivity contribution in [3.8, 4) is 0 Å². The zero-order valence-electron chi connectivity index (χ0n) is 12.0. The van der Waals surface area contributed by atoms with Gasteiger partial charge in [-0.05, 0) is 19.1 Å². The van der Waals surface area contributed by atoms with Crippen molar-refractivity contribution >= 4 is 23.6 Å². The van der Waals surface area contributed by atoms with Crippen LogP contribution in [0.4, 0.5) is 5.69 Å². The van der Waals surface area contributed by atoms with Crippen LogP contribution in [0.15, 0.2) is 30.3 Å². The summed E-state index contributed by atoms with van der Waals surface area (Å²) in [6, 6.07) is 6.00. The Labute approximate surface area is 122 Å². The lowest BCUT2D eigenvalue weighted by molar-refractivity contribution is -0.385. The van der Waals surface area contributed by atoms with Gasteiger partial charge in [0.15, 0.2) is 6.10 Å². The summed E-state index contributed by atoms with van der Waals surface area (Å²) in [4.78, 5) is 34.7. The van der Waals surface area contributed by atoms with E-state index in [1.54, 1.807) is 20.2 Å². The van der Waals surface area contributed by atoms with Gasteiger partial charge in [-0.3, -0.25) is 14.9 Å². The van der Waals surface area contributed by atoms with Crippen LogP contribution in [0.3, 0.4) is 0 Å². The molecule has 0 aromatic heterocycles. The van der Waals surface area contributed by atoms with Crippen molar-refractivity contribution in [1.29, 1.82) is 0 Å². The molecule has 0 aliphatic rings. The molecule has 0 fully saturated rings. The predicted molar refractivity (Wildman–Crippen MR) is 76.4 cm³/mol. The molecular formula is C14H16N2O5. The molecule has 1 amide bonds. The topological polar surface area (TPSA) is 89.7 Å². The van der Waals surface area contributed by atoms with Gasteiger partial charge in [0.25, 0.3) is 11.6 Å². The Morgan fingerprint density at radius 2 is 1.95 bits per heavy atom. The molecule has 1 aromatic rings. The molecule has 0 heterocycles. The van der Waals surface area contributed by atoms with Gasteiger partial charge in [0.1, 0.15) is 0 Å². The zero-order chi connectivity index (χ0) is 16.0. The van der Waals surface area contributed by atoms with Crippen molar-refractivity contribution in [3.05, 3.63) is 46.0 Å². The van der Waals surface area contributed by atoms with Crippen molar-refractivity contribution in [2.45, 2.75) is 13.0 Å². The third-order valence-corrected chi connectivity index (χ3v) is 2.61. The smallest absolute Gasteiger partial charge is 0.331 e. The molecule has 0 unspecified atom stereocenters. The van der Waals surface area contributed by atoms with E-state index in [0.29, 0.717) is 0 Å². The first-order valence-corrected chi connectivity index (χ1v) is 6.16. The first-order valence-electron chi connectivity index (χ1n) is 6.16. The number of ether oxygens (including phenoxy) is 1. The quantitative estimate of drug-likeness (QED) is 0.356. The average Bonchev–Trinajstić information content (AvgIpc) is 2.44. The van der Waals surface area contributed by atoms with Crippen LogP contribution in [0.5, 0.6) is 0 Å². The molecule has 0 spiro atoms. The molecule has 0 aliphatic carbocycles. The van der Waals surface area contributed by atoms with E-state index < -0.39 is 17.0 Å². The van der Waals surface area contributed by atoms with E-state index >= 15 is 0 Å². The number of carbonyl (C=O) groups excluding carboxylic acids is 2. The van der Waals surface area contributed by atoms with Gasteiger partial charge >= 0.3 is 5.97 Å². The maximum Gasteiger partial charge on any atom is 0.331 e. The van der Waals surface area contributed by atoms with Crippen LogP contribution in [0, 0.1) is 10.1 Å². The highest BCUT2D eigenvalue weighted by molar-refractivity contribution is 5.90. The Bertz CT molecular complexity index is 580. The predicted octanol–water partition coefficient (Wildman–Crippen LogP) is 1.63. The van der Waals surface area contributed by atoms with E-state index in [4.69, 9.17) is 4.74 Å². The Balaban J connectivity index is 2.75. The lowest BCUT2D eigenvalue weighted by Gasteiger charge is -2.16. The van der Waals surface area contributed by atoms with Crippen LogP contribution in [0.1, 0.15) is 12.5 Å². The second-order valence-corrected chi connectivity index (χ2v) is 4.46. The molecule has 0 N–H and O–H groups in total. The number of rotatable bonds is 5. The number of nitro groups is 1. The van der Waals surface area contributed by atoms with E-state index in [2.05, 4.69) is 0 Å². The second-order valence-electron chi connectivity index (χ2n) is 4.46. The van der Waals surface area contributed by atoms with Crippen molar-refractivity contribution in [3.63, 3.8) is 0 Å². The van der Waals surface area contributed by atoms with Crippen molar-refractivity contribution < 1.29 is 19.2 Å². The maximum atomic E-state index is 11.6. The maximum absolute atomic E-state index is 11.6. The van der Waals surface area contributed by atoms with Gasteiger partial charge in [0.05, 0.1) is 10.5 Å². The summed E-state index contributed by atoms with van der Waals surface area (Å²) >= 11 is 0. The van der Waals surface area contributed by atoms with Crippen LogP contribution in [-0.2, 0) is 14.3 Å². The summed E-state index contributed by atoms with van der Waals surface area (Å²) < 4.78 is 4.91. The summed E-state index contributed by atoms with van der Waals surface area (Å²) in [6.45, 7) is 1.46. The number of nitrogens with zero attached hydrogens (tertiary/aromatic N) is 2. The number of hydrogen-bond acceptors (Lipinski definition) is 5. The number of esters is 1. The Hall–Kier alpha value is -2.70. The van der Waals surface area contributed by atoms with Gasteiger partial charge in [-0.1, -0.05) is 12.1 Å². The summed E-state index contributed by atoms with van der Waals surface area (Å²) in [5, 5.41) is 10.8. The molecule has 21 heavy (non-hydrogen) atoms. The Morgan fingerprint density at radius 3 is 2.52 bits per heavy atom. The van der Waals surface area contributed by atoms with Gasteiger partial charge in [-0.25, -0.2) is 4.79 Å². The minimum atomic E-state index is -0.914. The van der Waals surface area contributed by atoms with Gasteiger partial charge in [-0.2, -0.15) is 0 Å². The standard InChI is InChI=1S/C14H16N2O5/c1-10(14(18)15(2)3)21-13(17)9-8-11-6-4-5-7-12(11)16(19)20/h4-10H,1-3H3/b9-8+/t10-/m0/s1. The van der Waals surface area contributed by atoms with Crippen LogP contribution >= 0.6 is 0 Å². The highest BCUT2D eigenvalue weighted by atomic mass is 16.6. The Kier molecular flexibility index (Phi) is 5.59. The molecule has 7 heteroatoms. The average molecular weight is 292 g/mol. The van der Waals surface area contributed by atoms with Gasteiger partial charge in [-0.15, -0.1) is 0 Å². The number of para-hydroxylation sites is 1. The number of amides is 1. The van der Waals surface area contributed by atoms with Crippen LogP contribution < -0.4 is 0 Å². The summed E-state index contributed by atoms with van der Waals surface area (Å²) in [6.07, 6.45) is 1.43. The fourth-order valence-electron chi connectivity index (χ4n) is 1.58. The van der Waals surface area contributed by atoms with E-state index in [1.165, 1.54) is 36.1 Å². The third kappa shape index (κ3) is 4.72. The fourth-order valence-corrected chi connectivity index (χ4v) is 1.58. The minimum Gasteiger partial charge on any atom is -0.449 e. The summed E-state index contributed by atoms with van der Waals surface area (Å²) in [5.74, 6) is -1.08. The highest BCUT2D eigenvalue weighted by Gasteiger charge is 2.18. The largest absolute Gasteiger partial charge is 0.449 e. The second kappa shape index (κ2) is 7.18. The van der Waals surface area contributed by atoms with E-state index in [9.17, 15) is 19.7 Å². The van der Waals surface area contributed by atoms with Gasteiger partial charge in [0.2, 0.25) is 0 Å². The first kappa shape index (κ1) is 16.4. The lowest BCUT2D eigenvalue weighted by atomic mass is 10.1. The molecule has 0 saturated heterocycles.